The Kier molecular flexibility index (Phi) is 4.24. The average molecular weight is 453 g/mol. The first-order valence-corrected chi connectivity index (χ1v) is 11.9. The highest BCUT2D eigenvalue weighted by atomic mass is 15.1. The van der Waals surface area contributed by atoms with E-state index in [-0.39, 0.29) is 0 Å². The molecule has 4 aromatic carbocycles. The van der Waals surface area contributed by atoms with Crippen LogP contribution in [0.5, 0.6) is 0 Å². The standard InChI is InChI=1S/C31H24N4/c1-20-11-16-25-22(19-20)17-18-34-21(2)30(33-31(25)34)32-23-12-14-24(15-13-23)35-28-9-5-3-7-26(28)27-8-4-6-10-29(27)35/h3-19,32H,1-2H3. The third-order valence-corrected chi connectivity index (χ3v) is 6.97. The molecule has 0 fully saturated rings. The second-order valence-corrected chi connectivity index (χ2v) is 9.19. The highest BCUT2D eigenvalue weighted by Gasteiger charge is 2.13. The number of aromatic nitrogens is 3. The van der Waals surface area contributed by atoms with Gasteiger partial charge in [0.05, 0.1) is 16.7 Å². The molecule has 35 heavy (non-hydrogen) atoms. The molecule has 0 bridgehead atoms. The maximum absolute atomic E-state index is 4.97. The van der Waals surface area contributed by atoms with Crippen molar-refractivity contribution in [3.63, 3.8) is 0 Å². The summed E-state index contributed by atoms with van der Waals surface area (Å²) in [6.07, 6.45) is 2.11. The molecule has 0 aliphatic carbocycles. The molecule has 7 rings (SSSR count). The minimum absolute atomic E-state index is 0.877. The Morgan fingerprint density at radius 2 is 1.37 bits per heavy atom. The molecule has 3 aromatic heterocycles. The summed E-state index contributed by atoms with van der Waals surface area (Å²) >= 11 is 0. The maximum Gasteiger partial charge on any atom is 0.152 e. The van der Waals surface area contributed by atoms with E-state index in [0.717, 1.165) is 33.9 Å². The van der Waals surface area contributed by atoms with Crippen LogP contribution in [-0.2, 0) is 0 Å². The second kappa shape index (κ2) is 7.47. The summed E-state index contributed by atoms with van der Waals surface area (Å²) in [5.74, 6) is 0.877. The van der Waals surface area contributed by atoms with Crippen molar-refractivity contribution < 1.29 is 0 Å². The van der Waals surface area contributed by atoms with Crippen LogP contribution in [0.2, 0.25) is 0 Å². The van der Waals surface area contributed by atoms with E-state index in [1.807, 2.05) is 0 Å². The molecule has 0 aliphatic heterocycles. The van der Waals surface area contributed by atoms with Crippen LogP contribution in [0.25, 0.3) is 43.9 Å². The van der Waals surface area contributed by atoms with Gasteiger partial charge in [0.1, 0.15) is 5.65 Å². The Balaban J connectivity index is 1.29. The van der Waals surface area contributed by atoms with Gasteiger partial charge >= 0.3 is 0 Å². The maximum atomic E-state index is 4.97. The van der Waals surface area contributed by atoms with E-state index in [1.165, 1.54) is 32.8 Å². The number of pyridine rings is 1. The molecule has 0 spiro atoms. The first-order valence-electron chi connectivity index (χ1n) is 11.9. The van der Waals surface area contributed by atoms with Gasteiger partial charge in [-0.15, -0.1) is 0 Å². The SMILES string of the molecule is Cc1ccc2c(ccn3c(C)c(Nc4ccc(-n5c6ccccc6c6ccccc65)cc4)nc23)c1. The number of nitrogens with zero attached hydrogens (tertiary/aromatic N) is 3. The molecule has 0 saturated heterocycles. The van der Waals surface area contributed by atoms with Crippen molar-refractivity contribution in [1.29, 1.82) is 0 Å². The molecule has 4 nitrogen and oxygen atoms in total. The van der Waals surface area contributed by atoms with Gasteiger partial charge in [-0.2, -0.15) is 0 Å². The lowest BCUT2D eigenvalue weighted by molar-refractivity contribution is 1.12. The monoisotopic (exact) mass is 452 g/mol. The van der Waals surface area contributed by atoms with E-state index in [2.05, 4.69) is 131 Å². The van der Waals surface area contributed by atoms with Gasteiger partial charge < -0.3 is 14.3 Å². The van der Waals surface area contributed by atoms with E-state index in [1.54, 1.807) is 0 Å². The normalized spacial score (nSPS) is 11.7. The molecule has 1 N–H and O–H groups in total. The summed E-state index contributed by atoms with van der Waals surface area (Å²) in [5, 5.41) is 8.46. The second-order valence-electron chi connectivity index (χ2n) is 9.19. The number of anilines is 2. The molecule has 0 unspecified atom stereocenters. The fourth-order valence-corrected chi connectivity index (χ4v) is 5.21. The molecular formula is C31H24N4. The Hall–Kier alpha value is -4.57. The van der Waals surface area contributed by atoms with E-state index in [0.29, 0.717) is 0 Å². The van der Waals surface area contributed by atoms with Crippen LogP contribution in [0.15, 0.2) is 103 Å². The number of nitrogens with one attached hydrogen (secondary N) is 1. The van der Waals surface area contributed by atoms with Crippen molar-refractivity contribution >= 4 is 49.7 Å². The Morgan fingerprint density at radius 1 is 0.686 bits per heavy atom. The molecular weight excluding hydrogens is 428 g/mol. The number of hydrogen-bond donors (Lipinski definition) is 1. The molecule has 0 radical (unpaired) electrons. The summed E-state index contributed by atoms with van der Waals surface area (Å²) in [6, 6.07) is 34.5. The van der Waals surface area contributed by atoms with Gasteiger partial charge in [0.2, 0.25) is 0 Å². The number of para-hydroxylation sites is 2. The fourth-order valence-electron chi connectivity index (χ4n) is 5.21. The van der Waals surface area contributed by atoms with Crippen LogP contribution in [0.3, 0.4) is 0 Å². The predicted molar refractivity (Wildman–Crippen MR) is 146 cm³/mol. The van der Waals surface area contributed by atoms with Crippen molar-refractivity contribution in [2.45, 2.75) is 13.8 Å². The molecule has 0 saturated carbocycles. The Morgan fingerprint density at radius 3 is 2.09 bits per heavy atom. The van der Waals surface area contributed by atoms with Gasteiger partial charge in [-0.05, 0) is 61.7 Å². The summed E-state index contributed by atoms with van der Waals surface area (Å²) in [4.78, 5) is 4.97. The summed E-state index contributed by atoms with van der Waals surface area (Å²) < 4.78 is 4.49. The zero-order valence-electron chi connectivity index (χ0n) is 19.7. The lowest BCUT2D eigenvalue weighted by Gasteiger charge is -2.10. The van der Waals surface area contributed by atoms with Crippen LogP contribution < -0.4 is 5.32 Å². The van der Waals surface area contributed by atoms with Crippen molar-refractivity contribution in [1.82, 2.24) is 14.0 Å². The van der Waals surface area contributed by atoms with Crippen LogP contribution >= 0.6 is 0 Å². The molecule has 4 heteroatoms. The fraction of sp³-hybridized carbons (Fsp3) is 0.0645. The van der Waals surface area contributed by atoms with Gasteiger partial charge in [-0.3, -0.25) is 0 Å². The molecule has 7 aromatic rings. The van der Waals surface area contributed by atoms with E-state index < -0.39 is 0 Å². The summed E-state index contributed by atoms with van der Waals surface area (Å²) in [7, 11) is 0. The van der Waals surface area contributed by atoms with Gasteiger partial charge in [-0.25, -0.2) is 4.98 Å². The topological polar surface area (TPSA) is 34.3 Å². The number of hydrogen-bond acceptors (Lipinski definition) is 2. The van der Waals surface area contributed by atoms with E-state index >= 15 is 0 Å². The van der Waals surface area contributed by atoms with E-state index in [4.69, 9.17) is 4.98 Å². The Bertz CT molecular complexity index is 1830. The van der Waals surface area contributed by atoms with Crippen molar-refractivity contribution in [2.24, 2.45) is 0 Å². The lowest BCUT2D eigenvalue weighted by atomic mass is 10.1. The number of rotatable bonds is 3. The number of imidazole rings is 1. The molecule has 3 heterocycles. The molecule has 0 aliphatic rings. The van der Waals surface area contributed by atoms with Crippen LogP contribution in [-0.4, -0.2) is 14.0 Å². The van der Waals surface area contributed by atoms with Crippen molar-refractivity contribution in [3.05, 3.63) is 115 Å². The highest BCUT2D eigenvalue weighted by molar-refractivity contribution is 6.09. The van der Waals surface area contributed by atoms with Gasteiger partial charge in [0.25, 0.3) is 0 Å². The molecule has 0 amide bonds. The summed E-state index contributed by atoms with van der Waals surface area (Å²) in [5.41, 5.74) is 7.91. The van der Waals surface area contributed by atoms with Gasteiger partial charge in [0.15, 0.2) is 5.82 Å². The highest BCUT2D eigenvalue weighted by Crippen LogP contribution is 2.33. The zero-order chi connectivity index (χ0) is 23.5. The number of benzene rings is 4. The molecule has 168 valence electrons. The average Bonchev–Trinajstić information content (AvgIpc) is 3.39. The largest absolute Gasteiger partial charge is 0.339 e. The third-order valence-electron chi connectivity index (χ3n) is 6.97. The molecule has 0 atom stereocenters. The predicted octanol–water partition coefficient (Wildman–Crippen LogP) is 7.95. The quantitative estimate of drug-likeness (QED) is 0.295. The Labute approximate surface area is 203 Å². The minimum atomic E-state index is 0.877. The van der Waals surface area contributed by atoms with Crippen molar-refractivity contribution in [3.8, 4) is 5.69 Å². The first-order chi connectivity index (χ1) is 17.2. The smallest absolute Gasteiger partial charge is 0.152 e. The third kappa shape index (κ3) is 3.03. The van der Waals surface area contributed by atoms with Crippen LogP contribution in [0, 0.1) is 13.8 Å². The van der Waals surface area contributed by atoms with Crippen molar-refractivity contribution in [2.75, 3.05) is 5.32 Å². The van der Waals surface area contributed by atoms with Gasteiger partial charge in [0, 0.05) is 33.7 Å². The minimum Gasteiger partial charge on any atom is -0.339 e. The van der Waals surface area contributed by atoms with Gasteiger partial charge in [-0.1, -0.05) is 60.2 Å². The first kappa shape index (κ1) is 19.9. The van der Waals surface area contributed by atoms with Crippen LogP contribution in [0.4, 0.5) is 11.5 Å². The number of aryl methyl sites for hydroxylation is 2. The lowest BCUT2D eigenvalue weighted by Crippen LogP contribution is -1.96. The van der Waals surface area contributed by atoms with Crippen LogP contribution in [0.1, 0.15) is 11.3 Å². The zero-order valence-corrected chi connectivity index (χ0v) is 19.7. The number of fused-ring (bicyclic) bond motifs is 6. The summed E-state index contributed by atoms with van der Waals surface area (Å²) in [6.45, 7) is 4.23. The van der Waals surface area contributed by atoms with E-state index in [9.17, 15) is 0 Å².